The molecule has 0 bridgehead atoms. The molecule has 1 aliphatic carbocycles. The van der Waals surface area contributed by atoms with Crippen LogP contribution in [0, 0.1) is 0 Å². The smallest absolute Gasteiger partial charge is 0.410 e. The first kappa shape index (κ1) is 27.0. The quantitative estimate of drug-likeness (QED) is 0.313. The molecule has 0 heterocycles. The van der Waals surface area contributed by atoms with Crippen molar-refractivity contribution < 1.29 is 14.3 Å². The van der Waals surface area contributed by atoms with E-state index in [1.165, 1.54) is 0 Å². The van der Waals surface area contributed by atoms with Gasteiger partial charge in [0.1, 0.15) is 5.60 Å². The number of aliphatic imine (C=N–C) groups is 1. The number of carbonyl (C=O) groups is 2. The van der Waals surface area contributed by atoms with Gasteiger partial charge in [-0.15, -0.1) is 24.0 Å². The fraction of sp³-hybridized carbons (Fsp3) is 0.591. The van der Waals surface area contributed by atoms with Crippen LogP contribution >= 0.6 is 24.0 Å². The van der Waals surface area contributed by atoms with Crippen molar-refractivity contribution in [3.05, 3.63) is 35.4 Å². The van der Waals surface area contributed by atoms with Gasteiger partial charge < -0.3 is 25.2 Å². The maximum Gasteiger partial charge on any atom is 0.410 e. The van der Waals surface area contributed by atoms with Crippen LogP contribution in [0.15, 0.2) is 29.3 Å². The van der Waals surface area contributed by atoms with Gasteiger partial charge in [-0.25, -0.2) is 4.79 Å². The maximum absolute atomic E-state index is 12.4. The highest BCUT2D eigenvalue weighted by atomic mass is 127. The molecule has 1 aromatic rings. The van der Waals surface area contributed by atoms with Gasteiger partial charge in [0.2, 0.25) is 0 Å². The molecule has 0 radical (unpaired) electrons. The fourth-order valence-electron chi connectivity index (χ4n) is 2.85. The van der Waals surface area contributed by atoms with Gasteiger partial charge in [-0.2, -0.15) is 0 Å². The number of halogens is 1. The zero-order valence-corrected chi connectivity index (χ0v) is 21.7. The lowest BCUT2D eigenvalue weighted by Crippen LogP contribution is -2.45. The first-order chi connectivity index (χ1) is 14.1. The number of carbonyl (C=O) groups excluding carboxylic acids is 2. The molecule has 2 amide bonds. The fourth-order valence-corrected chi connectivity index (χ4v) is 2.85. The van der Waals surface area contributed by atoms with Gasteiger partial charge in [0, 0.05) is 52.4 Å². The Hall–Kier alpha value is -2.04. The lowest BCUT2D eigenvalue weighted by atomic mass is 10.1. The number of ether oxygens (including phenoxy) is 1. The predicted molar refractivity (Wildman–Crippen MR) is 134 cm³/mol. The summed E-state index contributed by atoms with van der Waals surface area (Å²) in [5.74, 6) is 0.639. The average Bonchev–Trinajstić information content (AvgIpc) is 3.50. The summed E-state index contributed by atoms with van der Waals surface area (Å²) in [4.78, 5) is 32.0. The Morgan fingerprint density at radius 1 is 1.13 bits per heavy atom. The van der Waals surface area contributed by atoms with E-state index in [2.05, 4.69) is 15.6 Å². The summed E-state index contributed by atoms with van der Waals surface area (Å²) in [6, 6.07) is 7.77. The summed E-state index contributed by atoms with van der Waals surface area (Å²) in [7, 11) is 5.18. The van der Waals surface area contributed by atoms with E-state index in [1.54, 1.807) is 30.9 Å². The summed E-state index contributed by atoms with van der Waals surface area (Å²) in [5.41, 5.74) is 1.21. The molecule has 174 valence electrons. The lowest BCUT2D eigenvalue weighted by Gasteiger charge is -2.27. The van der Waals surface area contributed by atoms with Crippen molar-refractivity contribution >= 4 is 41.9 Å². The molecule has 1 saturated carbocycles. The number of nitrogens with one attached hydrogen (secondary N) is 2. The zero-order chi connectivity index (χ0) is 22.3. The van der Waals surface area contributed by atoms with Gasteiger partial charge in [0.15, 0.2) is 5.96 Å². The highest BCUT2D eigenvalue weighted by Gasteiger charge is 2.34. The van der Waals surface area contributed by atoms with Crippen molar-refractivity contribution in [2.45, 2.75) is 51.8 Å². The van der Waals surface area contributed by atoms with Gasteiger partial charge >= 0.3 is 6.09 Å². The molecule has 0 saturated heterocycles. The third kappa shape index (κ3) is 9.32. The van der Waals surface area contributed by atoms with E-state index in [9.17, 15) is 9.59 Å². The molecule has 1 fully saturated rings. The molecule has 31 heavy (non-hydrogen) atoms. The molecule has 0 unspecified atom stereocenters. The molecule has 0 spiro atoms. The summed E-state index contributed by atoms with van der Waals surface area (Å²) in [6.45, 7) is 7.34. The largest absolute Gasteiger partial charge is 0.444 e. The van der Waals surface area contributed by atoms with Gasteiger partial charge in [0.05, 0.1) is 0 Å². The molecule has 2 rings (SSSR count). The maximum atomic E-state index is 12.4. The number of guanidine groups is 1. The monoisotopic (exact) mass is 545 g/mol. The third-order valence-corrected chi connectivity index (χ3v) is 4.55. The summed E-state index contributed by atoms with van der Waals surface area (Å²) < 4.78 is 5.52. The number of hydrogen-bond acceptors (Lipinski definition) is 4. The van der Waals surface area contributed by atoms with E-state index in [1.807, 2.05) is 45.0 Å². The Kier molecular flexibility index (Phi) is 10.5. The van der Waals surface area contributed by atoms with Crippen LogP contribution in [0.1, 0.15) is 49.5 Å². The molecule has 8 nitrogen and oxygen atoms in total. The highest BCUT2D eigenvalue weighted by Crippen LogP contribution is 2.28. The van der Waals surface area contributed by atoms with Gasteiger partial charge in [0.25, 0.3) is 5.91 Å². The number of rotatable bonds is 7. The van der Waals surface area contributed by atoms with Crippen LogP contribution in [0.2, 0.25) is 0 Å². The minimum Gasteiger partial charge on any atom is -0.444 e. The van der Waals surface area contributed by atoms with Crippen molar-refractivity contribution in [2.75, 3.05) is 34.2 Å². The molecule has 9 heteroatoms. The number of nitrogens with zero attached hydrogens (tertiary/aromatic N) is 3. The summed E-state index contributed by atoms with van der Waals surface area (Å²) >= 11 is 0. The third-order valence-electron chi connectivity index (χ3n) is 4.55. The highest BCUT2D eigenvalue weighted by molar-refractivity contribution is 14.0. The Labute approximate surface area is 202 Å². The van der Waals surface area contributed by atoms with Crippen molar-refractivity contribution in [2.24, 2.45) is 4.99 Å². The van der Waals surface area contributed by atoms with Crippen molar-refractivity contribution in [1.82, 2.24) is 20.4 Å². The van der Waals surface area contributed by atoms with E-state index in [-0.39, 0.29) is 42.0 Å². The van der Waals surface area contributed by atoms with E-state index >= 15 is 0 Å². The second-order valence-electron chi connectivity index (χ2n) is 8.65. The van der Waals surface area contributed by atoms with E-state index in [0.29, 0.717) is 31.2 Å². The average molecular weight is 545 g/mol. The van der Waals surface area contributed by atoms with Crippen LogP contribution in [0.5, 0.6) is 0 Å². The second-order valence-corrected chi connectivity index (χ2v) is 8.65. The molecular formula is C22H36IN5O3. The summed E-state index contributed by atoms with van der Waals surface area (Å²) in [6.07, 6.45) is 1.79. The van der Waals surface area contributed by atoms with E-state index in [0.717, 1.165) is 18.4 Å². The molecule has 2 N–H and O–H groups in total. The van der Waals surface area contributed by atoms with Crippen LogP contribution in [-0.4, -0.2) is 73.6 Å². The molecule has 0 aromatic heterocycles. The molecule has 1 aliphatic rings. The minimum atomic E-state index is -0.498. The van der Waals surface area contributed by atoms with Crippen LogP contribution in [0.3, 0.4) is 0 Å². The van der Waals surface area contributed by atoms with Crippen molar-refractivity contribution in [1.29, 1.82) is 0 Å². The van der Waals surface area contributed by atoms with Crippen molar-refractivity contribution in [3.63, 3.8) is 0 Å². The van der Waals surface area contributed by atoms with Gasteiger partial charge in [-0.1, -0.05) is 12.1 Å². The van der Waals surface area contributed by atoms with E-state index < -0.39 is 5.60 Å². The minimum absolute atomic E-state index is 0. The van der Waals surface area contributed by atoms with Crippen LogP contribution in [0.4, 0.5) is 4.79 Å². The number of benzene rings is 1. The first-order valence-corrected chi connectivity index (χ1v) is 10.4. The van der Waals surface area contributed by atoms with Crippen LogP contribution in [-0.2, 0) is 11.3 Å². The predicted octanol–water partition coefficient (Wildman–Crippen LogP) is 3.07. The van der Waals surface area contributed by atoms with Gasteiger partial charge in [-0.05, 0) is 51.3 Å². The van der Waals surface area contributed by atoms with Crippen molar-refractivity contribution in [3.8, 4) is 0 Å². The molecule has 0 aliphatic heterocycles. The second kappa shape index (κ2) is 12.1. The Balaban J connectivity index is 0.00000480. The molecular weight excluding hydrogens is 509 g/mol. The van der Waals surface area contributed by atoms with Crippen LogP contribution < -0.4 is 10.6 Å². The SMILES string of the molecule is CN=C(NCCN(C(=O)OC(C)(C)C)C1CC1)NCc1ccc(C(=O)N(C)C)cc1.I. The first-order valence-electron chi connectivity index (χ1n) is 10.4. The summed E-state index contributed by atoms with van der Waals surface area (Å²) in [5, 5.41) is 6.50. The Morgan fingerprint density at radius 3 is 2.23 bits per heavy atom. The molecule has 1 aromatic carbocycles. The van der Waals surface area contributed by atoms with Gasteiger partial charge in [-0.3, -0.25) is 9.79 Å². The Morgan fingerprint density at radius 2 is 1.74 bits per heavy atom. The standard InChI is InChI=1S/C22H35N5O3.HI/c1-22(2,3)30-21(29)27(18-11-12-18)14-13-24-20(23-4)25-15-16-7-9-17(10-8-16)19(28)26(5)6;/h7-10,18H,11-15H2,1-6H3,(H2,23,24,25);1H. The Bertz CT molecular complexity index is 755. The normalized spacial score (nSPS) is 13.7. The number of hydrogen-bond donors (Lipinski definition) is 2. The van der Waals surface area contributed by atoms with Crippen LogP contribution in [0.25, 0.3) is 0 Å². The zero-order valence-electron chi connectivity index (χ0n) is 19.4. The van der Waals surface area contributed by atoms with E-state index in [4.69, 9.17) is 4.74 Å². The topological polar surface area (TPSA) is 86.3 Å². The lowest BCUT2D eigenvalue weighted by molar-refractivity contribution is 0.0237. The molecule has 0 atom stereocenters. The number of amides is 2.